The highest BCUT2D eigenvalue weighted by atomic mass is 32.2. The number of hydrogen-bond acceptors (Lipinski definition) is 6. The number of nitrogens with zero attached hydrogens (tertiary/aromatic N) is 5. The molecule has 0 aromatic carbocycles. The first-order valence-corrected chi connectivity index (χ1v) is 8.18. The zero-order valence-corrected chi connectivity index (χ0v) is 13.9. The van der Waals surface area contributed by atoms with Gasteiger partial charge in [-0.3, -0.25) is 9.55 Å². The predicted molar refractivity (Wildman–Crippen MR) is 89.0 cm³/mol. The van der Waals surface area contributed by atoms with E-state index in [0.29, 0.717) is 6.54 Å². The van der Waals surface area contributed by atoms with Gasteiger partial charge >= 0.3 is 0 Å². The Morgan fingerprint density at radius 2 is 2.04 bits per heavy atom. The SMILES string of the molecule is C=CCn1c(SCc2c(C)noc2C)nnc1-c1ccncc1. The molecule has 3 aromatic heterocycles. The molecule has 0 saturated carbocycles. The van der Waals surface area contributed by atoms with Crippen LogP contribution < -0.4 is 0 Å². The minimum absolute atomic E-state index is 0.647. The normalized spacial score (nSPS) is 10.9. The molecule has 0 saturated heterocycles. The molecular formula is C16H17N5OS. The third-order valence-electron chi connectivity index (χ3n) is 3.49. The maximum absolute atomic E-state index is 5.21. The van der Waals surface area contributed by atoms with Crippen molar-refractivity contribution in [3.8, 4) is 11.4 Å². The van der Waals surface area contributed by atoms with E-state index in [1.54, 1.807) is 24.2 Å². The van der Waals surface area contributed by atoms with Gasteiger partial charge in [-0.25, -0.2) is 0 Å². The summed E-state index contributed by atoms with van der Waals surface area (Å²) in [5.41, 5.74) is 3.01. The Bertz CT molecular complexity index is 790. The van der Waals surface area contributed by atoms with Gasteiger partial charge in [0.05, 0.1) is 5.69 Å². The molecule has 7 heteroatoms. The van der Waals surface area contributed by atoms with Gasteiger partial charge in [-0.15, -0.1) is 16.8 Å². The van der Waals surface area contributed by atoms with Crippen LogP contribution in [0, 0.1) is 13.8 Å². The van der Waals surface area contributed by atoms with Crippen molar-refractivity contribution >= 4 is 11.8 Å². The predicted octanol–water partition coefficient (Wildman–Crippen LogP) is 3.42. The summed E-state index contributed by atoms with van der Waals surface area (Å²) >= 11 is 1.61. The van der Waals surface area contributed by atoms with Crippen molar-refractivity contribution in [3.63, 3.8) is 0 Å². The minimum Gasteiger partial charge on any atom is -0.361 e. The molecule has 3 rings (SSSR count). The van der Waals surface area contributed by atoms with E-state index in [0.717, 1.165) is 39.3 Å². The van der Waals surface area contributed by atoms with Gasteiger partial charge in [0.25, 0.3) is 0 Å². The zero-order chi connectivity index (χ0) is 16.2. The van der Waals surface area contributed by atoms with Crippen LogP contribution in [0.3, 0.4) is 0 Å². The van der Waals surface area contributed by atoms with Crippen molar-refractivity contribution in [3.05, 3.63) is 54.2 Å². The van der Waals surface area contributed by atoms with Crippen molar-refractivity contribution in [2.24, 2.45) is 0 Å². The Morgan fingerprint density at radius 1 is 1.26 bits per heavy atom. The molecule has 3 heterocycles. The van der Waals surface area contributed by atoms with E-state index in [-0.39, 0.29) is 0 Å². The summed E-state index contributed by atoms with van der Waals surface area (Å²) < 4.78 is 7.25. The van der Waals surface area contributed by atoms with Crippen LogP contribution in [0.5, 0.6) is 0 Å². The molecule has 6 nitrogen and oxygen atoms in total. The van der Waals surface area contributed by atoms with Gasteiger partial charge in [0.15, 0.2) is 11.0 Å². The summed E-state index contributed by atoms with van der Waals surface area (Å²) in [6, 6.07) is 3.85. The molecule has 0 atom stereocenters. The lowest BCUT2D eigenvalue weighted by Gasteiger charge is -2.07. The number of allylic oxidation sites excluding steroid dienone is 1. The smallest absolute Gasteiger partial charge is 0.192 e. The van der Waals surface area contributed by atoms with Crippen LogP contribution in [0.1, 0.15) is 17.0 Å². The first-order valence-electron chi connectivity index (χ1n) is 7.19. The van der Waals surface area contributed by atoms with Gasteiger partial charge in [0.2, 0.25) is 0 Å². The van der Waals surface area contributed by atoms with Crippen LogP contribution in [0.2, 0.25) is 0 Å². The first kappa shape index (κ1) is 15.5. The standard InChI is InChI=1S/C16H17N5OS/c1-4-9-21-15(13-5-7-17-8-6-13)18-19-16(21)23-10-14-11(2)20-22-12(14)3/h4-8H,1,9-10H2,2-3H3. The molecule has 0 spiro atoms. The molecule has 0 fully saturated rings. The highest BCUT2D eigenvalue weighted by molar-refractivity contribution is 7.98. The van der Waals surface area contributed by atoms with Crippen LogP contribution in [-0.2, 0) is 12.3 Å². The minimum atomic E-state index is 0.647. The van der Waals surface area contributed by atoms with Crippen LogP contribution >= 0.6 is 11.8 Å². The van der Waals surface area contributed by atoms with Crippen LogP contribution in [0.4, 0.5) is 0 Å². The third kappa shape index (κ3) is 3.19. The Balaban J connectivity index is 1.88. The monoisotopic (exact) mass is 327 g/mol. The van der Waals surface area contributed by atoms with Gasteiger partial charge < -0.3 is 4.52 Å². The number of thioether (sulfide) groups is 1. The average molecular weight is 327 g/mol. The number of aryl methyl sites for hydroxylation is 2. The average Bonchev–Trinajstić information content (AvgIpc) is 3.11. The van der Waals surface area contributed by atoms with Crippen molar-refractivity contribution in [2.75, 3.05) is 0 Å². The lowest BCUT2D eigenvalue weighted by molar-refractivity contribution is 0.392. The fourth-order valence-electron chi connectivity index (χ4n) is 2.25. The summed E-state index contributed by atoms with van der Waals surface area (Å²) in [4.78, 5) is 4.04. The molecule has 0 aliphatic carbocycles. The second-order valence-electron chi connectivity index (χ2n) is 5.03. The Morgan fingerprint density at radius 3 is 2.70 bits per heavy atom. The fraction of sp³-hybridized carbons (Fsp3) is 0.250. The van der Waals surface area contributed by atoms with E-state index in [1.165, 1.54) is 0 Å². The van der Waals surface area contributed by atoms with E-state index in [9.17, 15) is 0 Å². The van der Waals surface area contributed by atoms with Crippen molar-refractivity contribution in [1.82, 2.24) is 24.9 Å². The number of hydrogen-bond donors (Lipinski definition) is 0. The van der Waals surface area contributed by atoms with Gasteiger partial charge in [-0.1, -0.05) is 23.0 Å². The maximum atomic E-state index is 5.21. The Labute approximate surface area is 138 Å². The van der Waals surface area contributed by atoms with Crippen molar-refractivity contribution < 1.29 is 4.52 Å². The quantitative estimate of drug-likeness (QED) is 0.510. The molecule has 0 amide bonds. The number of pyridine rings is 1. The van der Waals surface area contributed by atoms with Gasteiger partial charge in [0, 0.05) is 35.8 Å². The molecule has 0 radical (unpaired) electrons. The van der Waals surface area contributed by atoms with E-state index >= 15 is 0 Å². The highest BCUT2D eigenvalue weighted by Gasteiger charge is 2.16. The summed E-state index contributed by atoms with van der Waals surface area (Å²) in [5, 5.41) is 13.5. The Kier molecular flexibility index (Phi) is 4.57. The summed E-state index contributed by atoms with van der Waals surface area (Å²) in [7, 11) is 0. The van der Waals surface area contributed by atoms with Crippen LogP contribution in [0.25, 0.3) is 11.4 Å². The number of rotatable bonds is 6. The number of aromatic nitrogens is 5. The van der Waals surface area contributed by atoms with Crippen molar-refractivity contribution in [2.45, 2.75) is 31.3 Å². The van der Waals surface area contributed by atoms with Gasteiger partial charge in [0.1, 0.15) is 5.76 Å². The third-order valence-corrected chi connectivity index (χ3v) is 4.49. The molecule has 23 heavy (non-hydrogen) atoms. The van der Waals surface area contributed by atoms with Gasteiger partial charge in [-0.2, -0.15) is 0 Å². The van der Waals surface area contributed by atoms with E-state index in [1.807, 2.05) is 36.6 Å². The first-order chi connectivity index (χ1) is 11.2. The van der Waals surface area contributed by atoms with Crippen molar-refractivity contribution in [1.29, 1.82) is 0 Å². The lowest BCUT2D eigenvalue weighted by Crippen LogP contribution is -2.01. The Hall–Kier alpha value is -2.41. The van der Waals surface area contributed by atoms with E-state index < -0.39 is 0 Å². The summed E-state index contributed by atoms with van der Waals surface area (Å²) in [6.45, 7) is 8.35. The van der Waals surface area contributed by atoms with Crippen LogP contribution in [-0.4, -0.2) is 24.9 Å². The molecule has 0 unspecified atom stereocenters. The largest absolute Gasteiger partial charge is 0.361 e. The fourth-order valence-corrected chi connectivity index (χ4v) is 3.35. The second-order valence-corrected chi connectivity index (χ2v) is 5.98. The molecule has 0 N–H and O–H groups in total. The zero-order valence-electron chi connectivity index (χ0n) is 13.1. The molecular weight excluding hydrogens is 310 g/mol. The van der Waals surface area contributed by atoms with Gasteiger partial charge in [-0.05, 0) is 26.0 Å². The topological polar surface area (TPSA) is 69.6 Å². The molecule has 0 aliphatic rings. The highest BCUT2D eigenvalue weighted by Crippen LogP contribution is 2.28. The molecule has 0 aliphatic heterocycles. The van der Waals surface area contributed by atoms with Crippen LogP contribution in [0.15, 0.2) is 46.9 Å². The molecule has 118 valence electrons. The van der Waals surface area contributed by atoms with E-state index in [2.05, 4.69) is 26.9 Å². The molecule has 3 aromatic rings. The summed E-state index contributed by atoms with van der Waals surface area (Å²) in [5.74, 6) is 2.40. The molecule has 0 bridgehead atoms. The lowest BCUT2D eigenvalue weighted by atomic mass is 10.2. The maximum Gasteiger partial charge on any atom is 0.192 e. The van der Waals surface area contributed by atoms with E-state index in [4.69, 9.17) is 4.52 Å². The summed E-state index contributed by atoms with van der Waals surface area (Å²) in [6.07, 6.45) is 5.34. The second kappa shape index (κ2) is 6.78.